The van der Waals surface area contributed by atoms with Gasteiger partial charge in [-0.2, -0.15) is 0 Å². The average molecular weight is 235 g/mol. The molecule has 0 saturated heterocycles. The van der Waals surface area contributed by atoms with Crippen LogP contribution in [0.3, 0.4) is 0 Å². The Hall–Kier alpha value is -1.16. The summed E-state index contributed by atoms with van der Waals surface area (Å²) in [5.41, 5.74) is 1.00. The fourth-order valence-corrected chi connectivity index (χ4v) is 1.73. The van der Waals surface area contributed by atoms with Gasteiger partial charge < -0.3 is 10.1 Å². The predicted molar refractivity (Wildman–Crippen MR) is 68.2 cm³/mol. The molecule has 2 rings (SSSR count). The zero-order valence-electron chi connectivity index (χ0n) is 10.7. The summed E-state index contributed by atoms with van der Waals surface area (Å²) < 4.78 is 5.57. The largest absolute Gasteiger partial charge is 0.381 e. The molecule has 0 unspecified atom stereocenters. The number of aromatic nitrogens is 2. The molecule has 1 aromatic rings. The van der Waals surface area contributed by atoms with Gasteiger partial charge in [0.25, 0.3) is 0 Å². The summed E-state index contributed by atoms with van der Waals surface area (Å²) in [4.78, 5) is 8.57. The van der Waals surface area contributed by atoms with Gasteiger partial charge in [0.2, 0.25) is 0 Å². The van der Waals surface area contributed by atoms with Crippen molar-refractivity contribution >= 4 is 5.82 Å². The number of hydrogen-bond donors (Lipinski definition) is 1. The van der Waals surface area contributed by atoms with E-state index in [4.69, 9.17) is 4.74 Å². The van der Waals surface area contributed by atoms with Crippen LogP contribution in [0.25, 0.3) is 0 Å². The second-order valence-electron chi connectivity index (χ2n) is 4.74. The molecule has 94 valence electrons. The summed E-state index contributed by atoms with van der Waals surface area (Å²) in [7, 11) is 0. The number of hydrogen-bond acceptors (Lipinski definition) is 4. The average Bonchev–Trinajstić information content (AvgIpc) is 3.05. The van der Waals surface area contributed by atoms with E-state index in [1.165, 1.54) is 12.8 Å². The van der Waals surface area contributed by atoms with E-state index >= 15 is 0 Å². The lowest BCUT2D eigenvalue weighted by Crippen LogP contribution is -2.09. The lowest BCUT2D eigenvalue weighted by molar-refractivity contribution is 0.124. The molecule has 0 amide bonds. The van der Waals surface area contributed by atoms with Crippen LogP contribution in [0.1, 0.15) is 30.8 Å². The van der Waals surface area contributed by atoms with Gasteiger partial charge in [0, 0.05) is 31.5 Å². The van der Waals surface area contributed by atoms with Crippen molar-refractivity contribution < 1.29 is 4.74 Å². The fourth-order valence-electron chi connectivity index (χ4n) is 1.73. The van der Waals surface area contributed by atoms with Gasteiger partial charge in [0.1, 0.15) is 11.6 Å². The first-order chi connectivity index (χ1) is 8.24. The fraction of sp³-hybridized carbons (Fsp3) is 0.692. The molecule has 17 heavy (non-hydrogen) atoms. The van der Waals surface area contributed by atoms with Crippen LogP contribution in [0.5, 0.6) is 0 Å². The first-order valence-corrected chi connectivity index (χ1v) is 6.38. The van der Waals surface area contributed by atoms with Crippen molar-refractivity contribution in [2.45, 2.75) is 33.1 Å². The molecular weight excluding hydrogens is 214 g/mol. The predicted octanol–water partition coefficient (Wildman–Crippen LogP) is 2.32. The number of anilines is 1. The number of nitrogens with one attached hydrogen (secondary N) is 1. The van der Waals surface area contributed by atoms with Crippen molar-refractivity contribution in [1.29, 1.82) is 0 Å². The monoisotopic (exact) mass is 235 g/mol. The Morgan fingerprint density at radius 1 is 1.35 bits per heavy atom. The van der Waals surface area contributed by atoms with E-state index < -0.39 is 0 Å². The molecule has 0 radical (unpaired) electrons. The van der Waals surface area contributed by atoms with E-state index in [9.17, 15) is 0 Å². The zero-order valence-corrected chi connectivity index (χ0v) is 10.7. The Kier molecular flexibility index (Phi) is 4.31. The maximum absolute atomic E-state index is 5.57. The lowest BCUT2D eigenvalue weighted by Gasteiger charge is -2.07. The second kappa shape index (κ2) is 5.96. The van der Waals surface area contributed by atoms with E-state index in [0.717, 1.165) is 49.4 Å². The normalized spacial score (nSPS) is 14.9. The van der Waals surface area contributed by atoms with E-state index in [0.29, 0.717) is 0 Å². The number of nitrogens with zero attached hydrogens (tertiary/aromatic N) is 2. The van der Waals surface area contributed by atoms with Crippen LogP contribution in [0.4, 0.5) is 5.82 Å². The highest BCUT2D eigenvalue weighted by atomic mass is 16.5. The molecule has 1 N–H and O–H groups in total. The Morgan fingerprint density at radius 3 is 2.88 bits per heavy atom. The maximum Gasteiger partial charge on any atom is 0.129 e. The van der Waals surface area contributed by atoms with Gasteiger partial charge in [-0.25, -0.2) is 9.97 Å². The van der Waals surface area contributed by atoms with Gasteiger partial charge in [-0.15, -0.1) is 0 Å². The Labute approximate surface area is 103 Å². The van der Waals surface area contributed by atoms with Gasteiger partial charge in [0.05, 0.1) is 0 Å². The van der Waals surface area contributed by atoms with Crippen LogP contribution < -0.4 is 5.32 Å². The molecule has 0 aromatic carbocycles. The molecule has 1 fully saturated rings. The van der Waals surface area contributed by atoms with E-state index in [1.807, 2.05) is 19.9 Å². The molecule has 0 spiro atoms. The third-order valence-corrected chi connectivity index (χ3v) is 2.79. The molecule has 0 atom stereocenters. The van der Waals surface area contributed by atoms with Gasteiger partial charge >= 0.3 is 0 Å². The van der Waals surface area contributed by atoms with Crippen LogP contribution in [-0.2, 0) is 4.74 Å². The van der Waals surface area contributed by atoms with Crippen LogP contribution in [0.2, 0.25) is 0 Å². The van der Waals surface area contributed by atoms with Crippen molar-refractivity contribution in [1.82, 2.24) is 9.97 Å². The topological polar surface area (TPSA) is 47.0 Å². The molecular formula is C13H21N3O. The van der Waals surface area contributed by atoms with Crippen LogP contribution in [-0.4, -0.2) is 29.7 Å². The molecule has 4 heteroatoms. The first kappa shape index (κ1) is 12.3. The molecule has 1 aromatic heterocycles. The highest BCUT2D eigenvalue weighted by Gasteiger charge is 2.20. The molecule has 1 aliphatic rings. The molecule has 1 heterocycles. The summed E-state index contributed by atoms with van der Waals surface area (Å²) in [6, 6.07) is 1.97. The van der Waals surface area contributed by atoms with Crippen molar-refractivity contribution in [3.8, 4) is 0 Å². The van der Waals surface area contributed by atoms with Gasteiger partial charge in [0.15, 0.2) is 0 Å². The molecule has 1 aliphatic carbocycles. The Bertz CT molecular complexity index is 343. The van der Waals surface area contributed by atoms with Gasteiger partial charge in [-0.3, -0.25) is 0 Å². The van der Waals surface area contributed by atoms with Crippen molar-refractivity contribution in [3.05, 3.63) is 17.6 Å². The van der Waals surface area contributed by atoms with Crippen molar-refractivity contribution in [2.75, 3.05) is 25.1 Å². The number of ether oxygens (including phenoxy) is 1. The van der Waals surface area contributed by atoms with E-state index in [1.54, 1.807) is 0 Å². The molecule has 0 bridgehead atoms. The number of rotatable bonds is 7. The van der Waals surface area contributed by atoms with Crippen LogP contribution in [0, 0.1) is 19.8 Å². The highest BCUT2D eigenvalue weighted by Crippen LogP contribution is 2.28. The smallest absolute Gasteiger partial charge is 0.129 e. The summed E-state index contributed by atoms with van der Waals surface area (Å²) in [5.74, 6) is 2.59. The van der Waals surface area contributed by atoms with Crippen molar-refractivity contribution in [2.24, 2.45) is 5.92 Å². The maximum atomic E-state index is 5.57. The van der Waals surface area contributed by atoms with Gasteiger partial charge in [-0.1, -0.05) is 0 Å². The summed E-state index contributed by atoms with van der Waals surface area (Å²) >= 11 is 0. The number of aryl methyl sites for hydroxylation is 2. The standard InChI is InChI=1S/C13H21N3O/c1-10-8-13(16-11(2)15-10)14-6-3-7-17-9-12-4-5-12/h8,12H,3-7,9H2,1-2H3,(H,14,15,16). The molecule has 4 nitrogen and oxygen atoms in total. The highest BCUT2D eigenvalue weighted by molar-refractivity contribution is 5.35. The molecule has 1 saturated carbocycles. The minimum absolute atomic E-state index is 0.817. The van der Waals surface area contributed by atoms with Gasteiger partial charge in [-0.05, 0) is 39.0 Å². The Balaban J connectivity index is 1.59. The lowest BCUT2D eigenvalue weighted by atomic mass is 10.4. The summed E-state index contributed by atoms with van der Waals surface area (Å²) in [6.07, 6.45) is 3.74. The summed E-state index contributed by atoms with van der Waals surface area (Å²) in [5, 5.41) is 3.30. The van der Waals surface area contributed by atoms with E-state index in [2.05, 4.69) is 15.3 Å². The Morgan fingerprint density at radius 2 is 2.18 bits per heavy atom. The minimum Gasteiger partial charge on any atom is -0.381 e. The summed E-state index contributed by atoms with van der Waals surface area (Å²) in [6.45, 7) is 6.59. The zero-order chi connectivity index (χ0) is 12.1. The van der Waals surface area contributed by atoms with Crippen molar-refractivity contribution in [3.63, 3.8) is 0 Å². The SMILES string of the molecule is Cc1cc(NCCCOCC2CC2)nc(C)n1. The third kappa shape index (κ3) is 4.69. The first-order valence-electron chi connectivity index (χ1n) is 6.38. The van der Waals surface area contributed by atoms with E-state index in [-0.39, 0.29) is 0 Å². The molecule has 0 aliphatic heterocycles. The van der Waals surface area contributed by atoms with Crippen LogP contribution in [0.15, 0.2) is 6.07 Å². The third-order valence-electron chi connectivity index (χ3n) is 2.79. The minimum atomic E-state index is 0.817. The second-order valence-corrected chi connectivity index (χ2v) is 4.74. The quantitative estimate of drug-likeness (QED) is 0.737. The van der Waals surface area contributed by atoms with Crippen LogP contribution >= 0.6 is 0 Å².